The molecule has 0 aliphatic carbocycles. The van der Waals surface area contributed by atoms with Crippen LogP contribution in [0.25, 0.3) is 0 Å². The Morgan fingerprint density at radius 1 is 0.941 bits per heavy atom. The molecule has 0 atom stereocenters. The van der Waals surface area contributed by atoms with Crippen molar-refractivity contribution in [1.29, 1.82) is 0 Å². The molecule has 0 saturated carbocycles. The highest BCUT2D eigenvalue weighted by Crippen LogP contribution is 2.35. The first-order valence-corrected chi connectivity index (χ1v) is 10.5. The van der Waals surface area contributed by atoms with Crippen molar-refractivity contribution in [2.75, 3.05) is 45.3 Å². The number of methoxy groups -OCH3 is 2. The number of nitro benzene ring substituents is 1. The maximum absolute atomic E-state index is 13.1. The first kappa shape index (κ1) is 22.8. The monoisotopic (exact) mass is 465 g/mol. The van der Waals surface area contributed by atoms with E-state index in [9.17, 15) is 14.9 Å². The first-order valence-electron chi connectivity index (χ1n) is 10.5. The van der Waals surface area contributed by atoms with E-state index in [4.69, 9.17) is 14.2 Å². The molecule has 0 spiro atoms. The third kappa shape index (κ3) is 4.82. The van der Waals surface area contributed by atoms with Gasteiger partial charge in [-0.25, -0.2) is 0 Å². The zero-order chi connectivity index (χ0) is 24.1. The van der Waals surface area contributed by atoms with E-state index >= 15 is 0 Å². The molecule has 0 bridgehead atoms. The second kappa shape index (κ2) is 10.0. The van der Waals surface area contributed by atoms with Crippen LogP contribution in [0.4, 0.5) is 11.5 Å². The van der Waals surface area contributed by atoms with Gasteiger partial charge in [0.2, 0.25) is 5.88 Å². The van der Waals surface area contributed by atoms with E-state index < -0.39 is 10.8 Å². The van der Waals surface area contributed by atoms with Crippen molar-refractivity contribution >= 4 is 17.4 Å². The summed E-state index contributed by atoms with van der Waals surface area (Å²) in [6.07, 6.45) is 0. The maximum Gasteiger partial charge on any atom is 0.286 e. The second-order valence-corrected chi connectivity index (χ2v) is 7.41. The number of ether oxygens (including phenoxy) is 3. The van der Waals surface area contributed by atoms with Gasteiger partial charge in [0, 0.05) is 38.3 Å². The number of rotatable bonds is 7. The molecule has 1 aromatic heterocycles. The van der Waals surface area contributed by atoms with Gasteiger partial charge >= 0.3 is 0 Å². The first-order chi connectivity index (χ1) is 16.5. The quantitative estimate of drug-likeness (QED) is 0.383. The van der Waals surface area contributed by atoms with Gasteiger partial charge in [0.1, 0.15) is 11.3 Å². The number of benzene rings is 2. The van der Waals surface area contributed by atoms with Gasteiger partial charge in [-0.15, -0.1) is 10.2 Å². The minimum absolute atomic E-state index is 0.0432. The zero-order valence-electron chi connectivity index (χ0n) is 18.7. The summed E-state index contributed by atoms with van der Waals surface area (Å²) in [5.41, 5.74) is -0.372. The van der Waals surface area contributed by atoms with E-state index in [1.165, 1.54) is 26.4 Å². The number of nitrogens with zero attached hydrogens (tertiary/aromatic N) is 5. The number of carbonyl (C=O) groups excluding carboxylic acids is 1. The Morgan fingerprint density at radius 2 is 1.62 bits per heavy atom. The molecule has 11 nitrogen and oxygen atoms in total. The summed E-state index contributed by atoms with van der Waals surface area (Å²) in [6, 6.07) is 15.4. The van der Waals surface area contributed by atoms with E-state index in [1.807, 2.05) is 41.3 Å². The van der Waals surface area contributed by atoms with Gasteiger partial charge in [0.25, 0.3) is 11.6 Å². The lowest BCUT2D eigenvalue weighted by Gasteiger charge is -2.35. The third-order valence-electron chi connectivity index (χ3n) is 5.41. The number of aromatic nitrogens is 2. The Hall–Kier alpha value is -4.41. The molecule has 1 aliphatic heterocycles. The van der Waals surface area contributed by atoms with Crippen LogP contribution in [0.3, 0.4) is 0 Å². The molecule has 1 fully saturated rings. The van der Waals surface area contributed by atoms with E-state index in [2.05, 4.69) is 10.2 Å². The summed E-state index contributed by atoms with van der Waals surface area (Å²) in [5, 5.41) is 19.9. The molecule has 1 saturated heterocycles. The highest BCUT2D eigenvalue weighted by atomic mass is 16.6. The predicted molar refractivity (Wildman–Crippen MR) is 123 cm³/mol. The Kier molecular flexibility index (Phi) is 6.72. The predicted octanol–water partition coefficient (Wildman–Crippen LogP) is 3.16. The number of piperazine rings is 1. The van der Waals surface area contributed by atoms with Crippen LogP contribution in [0, 0.1) is 10.1 Å². The molecular formula is C23H23N5O6. The molecule has 3 aromatic rings. The van der Waals surface area contributed by atoms with E-state index in [0.29, 0.717) is 43.6 Å². The summed E-state index contributed by atoms with van der Waals surface area (Å²) >= 11 is 0. The molecular weight excluding hydrogens is 442 g/mol. The van der Waals surface area contributed by atoms with Crippen molar-refractivity contribution in [3.8, 4) is 23.1 Å². The topological polar surface area (TPSA) is 120 Å². The maximum atomic E-state index is 13.1. The van der Waals surface area contributed by atoms with Crippen molar-refractivity contribution in [1.82, 2.24) is 15.1 Å². The Labute approximate surface area is 195 Å². The molecule has 0 radical (unpaired) electrons. The molecule has 1 aliphatic rings. The van der Waals surface area contributed by atoms with Gasteiger partial charge in [-0.05, 0) is 18.2 Å². The fraction of sp³-hybridized carbons (Fsp3) is 0.261. The van der Waals surface area contributed by atoms with Crippen molar-refractivity contribution in [2.45, 2.75) is 0 Å². The number of amides is 1. The van der Waals surface area contributed by atoms with Crippen LogP contribution in [0.5, 0.6) is 23.1 Å². The SMILES string of the molecule is COc1cc(C(=O)N2CCN(c3ccc(Oc4ccccc4)nn3)CC2)c([N+](=O)[O-])cc1OC. The Morgan fingerprint density at radius 3 is 2.21 bits per heavy atom. The van der Waals surface area contributed by atoms with Crippen LogP contribution >= 0.6 is 0 Å². The van der Waals surface area contributed by atoms with Gasteiger partial charge in [0.15, 0.2) is 17.3 Å². The van der Waals surface area contributed by atoms with Crippen LogP contribution in [0.15, 0.2) is 54.6 Å². The molecule has 4 rings (SSSR count). The third-order valence-corrected chi connectivity index (χ3v) is 5.41. The zero-order valence-corrected chi connectivity index (χ0v) is 18.7. The largest absolute Gasteiger partial charge is 0.493 e. The minimum atomic E-state index is -0.597. The van der Waals surface area contributed by atoms with Crippen molar-refractivity contribution in [3.05, 3.63) is 70.3 Å². The number of para-hydroxylation sites is 1. The summed E-state index contributed by atoms with van der Waals surface area (Å²) in [5.74, 6) is 1.71. The van der Waals surface area contributed by atoms with Gasteiger partial charge in [-0.2, -0.15) is 0 Å². The summed E-state index contributed by atoms with van der Waals surface area (Å²) < 4.78 is 16.0. The van der Waals surface area contributed by atoms with Crippen molar-refractivity contribution in [3.63, 3.8) is 0 Å². The van der Waals surface area contributed by atoms with E-state index in [-0.39, 0.29) is 22.7 Å². The van der Waals surface area contributed by atoms with Gasteiger partial charge < -0.3 is 24.0 Å². The molecule has 2 aromatic carbocycles. The summed E-state index contributed by atoms with van der Waals surface area (Å²) in [4.78, 5) is 27.6. The molecule has 1 amide bonds. The number of hydrogen-bond donors (Lipinski definition) is 0. The average molecular weight is 465 g/mol. The van der Waals surface area contributed by atoms with Crippen molar-refractivity contribution in [2.24, 2.45) is 0 Å². The van der Waals surface area contributed by atoms with Gasteiger partial charge in [-0.3, -0.25) is 14.9 Å². The molecule has 2 heterocycles. The Bertz CT molecular complexity index is 1160. The fourth-order valence-corrected chi connectivity index (χ4v) is 3.64. The van der Waals surface area contributed by atoms with Crippen LogP contribution in [-0.4, -0.2) is 66.3 Å². The lowest BCUT2D eigenvalue weighted by Crippen LogP contribution is -2.49. The summed E-state index contributed by atoms with van der Waals surface area (Å²) in [7, 11) is 2.79. The van der Waals surface area contributed by atoms with E-state index in [1.54, 1.807) is 11.0 Å². The normalized spacial score (nSPS) is 13.4. The highest BCUT2D eigenvalue weighted by Gasteiger charge is 2.30. The van der Waals surface area contributed by atoms with Crippen LogP contribution < -0.4 is 19.1 Å². The Balaban J connectivity index is 1.43. The summed E-state index contributed by atoms with van der Waals surface area (Å²) in [6.45, 7) is 1.74. The number of anilines is 1. The fourth-order valence-electron chi connectivity index (χ4n) is 3.64. The minimum Gasteiger partial charge on any atom is -0.493 e. The molecule has 0 N–H and O–H groups in total. The second-order valence-electron chi connectivity index (χ2n) is 7.41. The van der Waals surface area contributed by atoms with Crippen LogP contribution in [0.2, 0.25) is 0 Å². The molecule has 176 valence electrons. The van der Waals surface area contributed by atoms with Gasteiger partial charge in [0.05, 0.1) is 25.2 Å². The molecule has 11 heteroatoms. The van der Waals surface area contributed by atoms with Crippen LogP contribution in [-0.2, 0) is 0 Å². The lowest BCUT2D eigenvalue weighted by atomic mass is 10.1. The molecule has 34 heavy (non-hydrogen) atoms. The van der Waals surface area contributed by atoms with Crippen LogP contribution in [0.1, 0.15) is 10.4 Å². The number of hydrogen-bond acceptors (Lipinski definition) is 9. The number of carbonyl (C=O) groups is 1. The smallest absolute Gasteiger partial charge is 0.286 e. The lowest BCUT2D eigenvalue weighted by molar-refractivity contribution is -0.385. The van der Waals surface area contributed by atoms with Gasteiger partial charge in [-0.1, -0.05) is 18.2 Å². The number of nitro groups is 1. The standard InChI is InChI=1S/C23H23N5O6/c1-32-19-14-17(18(28(30)31)15-20(19)33-2)23(29)27-12-10-26(11-13-27)21-8-9-22(25-24-21)34-16-6-4-3-5-7-16/h3-9,14-15H,10-13H2,1-2H3. The van der Waals surface area contributed by atoms with Crippen molar-refractivity contribution < 1.29 is 23.9 Å². The highest BCUT2D eigenvalue weighted by molar-refractivity contribution is 5.99. The average Bonchev–Trinajstić information content (AvgIpc) is 2.88. The van der Waals surface area contributed by atoms with E-state index in [0.717, 1.165) is 0 Å². The molecule has 0 unspecified atom stereocenters.